The molecule has 1 amide bonds. The van der Waals surface area contributed by atoms with Crippen LogP contribution in [0.2, 0.25) is 0 Å². The lowest BCUT2D eigenvalue weighted by Gasteiger charge is -2.29. The van der Waals surface area contributed by atoms with E-state index in [1.807, 2.05) is 78.8 Å². The molecule has 2 N–H and O–H groups in total. The summed E-state index contributed by atoms with van der Waals surface area (Å²) in [5, 5.41) is 6.88. The van der Waals surface area contributed by atoms with Crippen molar-refractivity contribution in [3.63, 3.8) is 0 Å². The number of nitrogens with one attached hydrogen (secondary N) is 2. The highest BCUT2D eigenvalue weighted by molar-refractivity contribution is 7.80. The number of rotatable bonds is 8. The molecule has 4 heterocycles. The van der Waals surface area contributed by atoms with E-state index in [4.69, 9.17) is 21.7 Å². The minimum absolute atomic E-state index is 0.0709. The number of aryl methyl sites for hydroxylation is 1. The SMILES string of the molecule is COCC(=O)Nc1cc(N2C(=S)N[C@H](c3ccccn3)[C@@H]2c2cccn2-c2ccc(C)cn2)ccc1OC. The Kier molecular flexibility index (Phi) is 7.34. The van der Waals surface area contributed by atoms with E-state index in [1.54, 1.807) is 13.3 Å². The van der Waals surface area contributed by atoms with Gasteiger partial charge in [0.05, 0.1) is 24.5 Å². The maximum Gasteiger partial charge on any atom is 0.250 e. The van der Waals surface area contributed by atoms with Crippen LogP contribution in [0.3, 0.4) is 0 Å². The zero-order valence-electron chi connectivity index (χ0n) is 21.3. The highest BCUT2D eigenvalue weighted by atomic mass is 32.1. The number of amides is 1. The predicted molar refractivity (Wildman–Crippen MR) is 150 cm³/mol. The predicted octanol–water partition coefficient (Wildman–Crippen LogP) is 4.35. The normalized spacial score (nSPS) is 16.8. The molecule has 0 unspecified atom stereocenters. The van der Waals surface area contributed by atoms with Crippen LogP contribution < -0.4 is 20.3 Å². The zero-order valence-corrected chi connectivity index (χ0v) is 22.1. The minimum atomic E-state index is -0.285. The molecule has 1 fully saturated rings. The molecule has 2 atom stereocenters. The fourth-order valence-electron chi connectivity index (χ4n) is 4.64. The number of methoxy groups -OCH3 is 2. The third kappa shape index (κ3) is 4.96. The highest BCUT2D eigenvalue weighted by Gasteiger charge is 2.42. The molecular weight excluding hydrogens is 500 g/mol. The quantitative estimate of drug-likeness (QED) is 0.326. The lowest BCUT2D eigenvalue weighted by Crippen LogP contribution is -2.30. The Morgan fingerprint density at radius 3 is 2.68 bits per heavy atom. The molecule has 1 aromatic carbocycles. The van der Waals surface area contributed by atoms with E-state index < -0.39 is 0 Å². The van der Waals surface area contributed by atoms with Crippen molar-refractivity contribution in [2.24, 2.45) is 0 Å². The van der Waals surface area contributed by atoms with Gasteiger partial charge in [-0.2, -0.15) is 0 Å². The van der Waals surface area contributed by atoms with Crippen molar-refractivity contribution in [2.45, 2.75) is 19.0 Å². The highest BCUT2D eigenvalue weighted by Crippen LogP contribution is 2.43. The summed E-state index contributed by atoms with van der Waals surface area (Å²) >= 11 is 5.89. The Morgan fingerprint density at radius 2 is 1.97 bits per heavy atom. The van der Waals surface area contributed by atoms with E-state index in [-0.39, 0.29) is 24.6 Å². The largest absolute Gasteiger partial charge is 0.495 e. The van der Waals surface area contributed by atoms with Gasteiger partial charge in [-0.05, 0) is 73.2 Å². The number of nitrogens with zero attached hydrogens (tertiary/aromatic N) is 4. The van der Waals surface area contributed by atoms with Gasteiger partial charge in [0, 0.05) is 37.1 Å². The van der Waals surface area contributed by atoms with Crippen LogP contribution in [0.15, 0.2) is 79.3 Å². The van der Waals surface area contributed by atoms with Crippen LogP contribution in [-0.4, -0.2) is 46.4 Å². The van der Waals surface area contributed by atoms with Gasteiger partial charge in [-0.3, -0.25) is 9.78 Å². The van der Waals surface area contributed by atoms with E-state index in [2.05, 4.69) is 31.2 Å². The molecule has 10 heteroatoms. The second-order valence-corrected chi connectivity index (χ2v) is 9.25. The minimum Gasteiger partial charge on any atom is -0.495 e. The van der Waals surface area contributed by atoms with Gasteiger partial charge in [-0.15, -0.1) is 0 Å². The van der Waals surface area contributed by atoms with E-state index in [0.29, 0.717) is 16.5 Å². The Labute approximate surface area is 226 Å². The molecule has 4 aromatic rings. The number of thiocarbonyl (C=S) groups is 1. The van der Waals surface area contributed by atoms with E-state index >= 15 is 0 Å². The van der Waals surface area contributed by atoms with Crippen molar-refractivity contribution < 1.29 is 14.3 Å². The van der Waals surface area contributed by atoms with E-state index in [0.717, 1.165) is 28.5 Å². The molecule has 5 rings (SSSR count). The average Bonchev–Trinajstić information content (AvgIpc) is 3.54. The Balaban J connectivity index is 1.62. The molecule has 1 aliphatic rings. The fourth-order valence-corrected chi connectivity index (χ4v) is 4.99. The van der Waals surface area contributed by atoms with Crippen LogP contribution in [0.5, 0.6) is 5.75 Å². The zero-order chi connectivity index (χ0) is 26.6. The van der Waals surface area contributed by atoms with Crippen molar-refractivity contribution in [2.75, 3.05) is 31.0 Å². The van der Waals surface area contributed by atoms with E-state index in [9.17, 15) is 4.79 Å². The third-order valence-corrected chi connectivity index (χ3v) is 6.65. The molecule has 194 valence electrons. The molecule has 9 nitrogen and oxygen atoms in total. The number of carbonyl (C=O) groups is 1. The van der Waals surface area contributed by atoms with Crippen LogP contribution >= 0.6 is 12.2 Å². The maximum atomic E-state index is 12.3. The summed E-state index contributed by atoms with van der Waals surface area (Å²) in [4.78, 5) is 23.7. The van der Waals surface area contributed by atoms with Gasteiger partial charge in [0.1, 0.15) is 24.2 Å². The summed E-state index contributed by atoms with van der Waals surface area (Å²) in [5.74, 6) is 1.05. The second-order valence-electron chi connectivity index (χ2n) is 8.86. The molecule has 1 aliphatic heterocycles. The summed E-state index contributed by atoms with van der Waals surface area (Å²) in [5.41, 5.74) is 4.22. The van der Waals surface area contributed by atoms with Gasteiger partial charge in [-0.25, -0.2) is 4.98 Å². The van der Waals surface area contributed by atoms with Crippen molar-refractivity contribution in [3.05, 3.63) is 96.2 Å². The van der Waals surface area contributed by atoms with Crippen LogP contribution in [0.1, 0.15) is 29.0 Å². The van der Waals surface area contributed by atoms with Crippen molar-refractivity contribution in [1.82, 2.24) is 19.9 Å². The van der Waals surface area contributed by atoms with Gasteiger partial charge in [0.2, 0.25) is 5.91 Å². The Morgan fingerprint density at radius 1 is 1.11 bits per heavy atom. The topological polar surface area (TPSA) is 93.5 Å². The van der Waals surface area contributed by atoms with E-state index in [1.165, 1.54) is 7.11 Å². The smallest absolute Gasteiger partial charge is 0.250 e. The molecule has 0 spiro atoms. The number of anilines is 2. The van der Waals surface area contributed by atoms with Gasteiger partial charge in [0.25, 0.3) is 0 Å². The van der Waals surface area contributed by atoms with Crippen molar-refractivity contribution in [3.8, 4) is 11.6 Å². The molecule has 3 aromatic heterocycles. The first kappa shape index (κ1) is 25.4. The number of benzene rings is 1. The molecule has 38 heavy (non-hydrogen) atoms. The number of carbonyl (C=O) groups excluding carboxylic acids is 1. The Bertz CT molecular complexity index is 1440. The third-order valence-electron chi connectivity index (χ3n) is 6.33. The lowest BCUT2D eigenvalue weighted by atomic mass is 10.0. The molecule has 0 radical (unpaired) electrons. The first-order valence-corrected chi connectivity index (χ1v) is 12.5. The first-order chi connectivity index (χ1) is 18.5. The number of hydrogen-bond donors (Lipinski definition) is 2. The monoisotopic (exact) mass is 528 g/mol. The van der Waals surface area contributed by atoms with Crippen LogP contribution in [0, 0.1) is 6.92 Å². The summed E-state index contributed by atoms with van der Waals surface area (Å²) in [6.45, 7) is 1.94. The molecule has 0 bridgehead atoms. The number of aromatic nitrogens is 3. The molecular formula is C28H28N6O3S. The standard InChI is InChI=1S/C28H28N6O3S/c1-18-9-12-24(30-16-18)33-14-6-8-22(33)27-26(20-7-4-5-13-29-20)32-28(38)34(27)19-10-11-23(37-3)21(15-19)31-25(35)17-36-2/h4-16,26-27H,17H2,1-3H3,(H,31,35)(H,32,38)/t26-,27+/m1/s1. The summed E-state index contributed by atoms with van der Waals surface area (Å²) in [7, 11) is 3.03. The second kappa shape index (κ2) is 11.0. The number of hydrogen-bond acceptors (Lipinski definition) is 6. The average molecular weight is 529 g/mol. The van der Waals surface area contributed by atoms with Crippen molar-refractivity contribution >= 4 is 34.6 Å². The number of ether oxygens (including phenoxy) is 2. The first-order valence-electron chi connectivity index (χ1n) is 12.1. The van der Waals surface area contributed by atoms with Crippen LogP contribution in [0.4, 0.5) is 11.4 Å². The fraction of sp³-hybridized carbons (Fsp3) is 0.214. The number of pyridine rings is 2. The molecule has 1 saturated heterocycles. The van der Waals surface area contributed by atoms with Gasteiger partial charge in [-0.1, -0.05) is 12.1 Å². The van der Waals surface area contributed by atoms with Crippen molar-refractivity contribution in [1.29, 1.82) is 0 Å². The molecule has 0 aliphatic carbocycles. The molecule has 0 saturated carbocycles. The Hall–Kier alpha value is -4.28. The lowest BCUT2D eigenvalue weighted by molar-refractivity contribution is -0.119. The van der Waals surface area contributed by atoms with Crippen LogP contribution in [-0.2, 0) is 9.53 Å². The van der Waals surface area contributed by atoms with Gasteiger partial charge >= 0.3 is 0 Å². The van der Waals surface area contributed by atoms with Crippen LogP contribution in [0.25, 0.3) is 5.82 Å². The summed E-state index contributed by atoms with van der Waals surface area (Å²) in [6, 6.07) is 19.0. The summed E-state index contributed by atoms with van der Waals surface area (Å²) < 4.78 is 12.5. The van der Waals surface area contributed by atoms with Gasteiger partial charge in [0.15, 0.2) is 5.11 Å². The van der Waals surface area contributed by atoms with Gasteiger partial charge < -0.3 is 29.6 Å². The maximum absolute atomic E-state index is 12.3. The summed E-state index contributed by atoms with van der Waals surface area (Å²) in [6.07, 6.45) is 5.62.